The molecule has 0 saturated heterocycles. The zero-order chi connectivity index (χ0) is 10.8. The van der Waals surface area contributed by atoms with E-state index in [1.54, 1.807) is 17.2 Å². The fraction of sp³-hybridized carbons (Fsp3) is 0.100. The lowest BCUT2D eigenvalue weighted by Gasteiger charge is -2.17. The van der Waals surface area contributed by atoms with Crippen molar-refractivity contribution >= 4 is 37.8 Å². The van der Waals surface area contributed by atoms with Crippen molar-refractivity contribution in [1.82, 2.24) is 9.88 Å². The third-order valence-corrected chi connectivity index (χ3v) is 3.81. The minimum atomic E-state index is -0.0398. The van der Waals surface area contributed by atoms with E-state index in [1.165, 1.54) is 0 Å². The second-order valence-electron chi connectivity index (χ2n) is 3.07. The molecular weight excluding hydrogens is 324 g/mol. The van der Waals surface area contributed by atoms with Crippen LogP contribution in [0.4, 0.5) is 0 Å². The summed E-state index contributed by atoms with van der Waals surface area (Å²) in [5.74, 6) is -0.0398. The van der Waals surface area contributed by atoms with Crippen LogP contribution in [0.15, 0.2) is 39.6 Å². The molecule has 1 N–H and O–H groups in total. The van der Waals surface area contributed by atoms with Crippen LogP contribution in [-0.4, -0.2) is 22.3 Å². The molecule has 15 heavy (non-hydrogen) atoms. The maximum absolute atomic E-state index is 11.9. The van der Waals surface area contributed by atoms with Crippen molar-refractivity contribution in [1.29, 1.82) is 0 Å². The van der Waals surface area contributed by atoms with Gasteiger partial charge in [-0.15, -0.1) is 0 Å². The van der Waals surface area contributed by atoms with Crippen LogP contribution in [0.5, 0.6) is 0 Å². The Morgan fingerprint density at radius 2 is 2.20 bits per heavy atom. The molecule has 1 aromatic rings. The normalized spacial score (nSPS) is 14.7. The number of allylic oxidation sites excluding steroid dienone is 2. The molecule has 2 rings (SSSR count). The summed E-state index contributed by atoms with van der Waals surface area (Å²) in [6.45, 7) is 0.615. The number of carbonyl (C=O) groups excluding carboxylic acids is 1. The molecule has 2 heterocycles. The zero-order valence-corrected chi connectivity index (χ0v) is 10.9. The lowest BCUT2D eigenvalue weighted by Crippen LogP contribution is -2.27. The molecule has 1 aliphatic heterocycles. The highest BCUT2D eigenvalue weighted by atomic mass is 79.9. The average molecular weight is 332 g/mol. The predicted octanol–water partition coefficient (Wildman–Crippen LogP) is 3.07. The topological polar surface area (TPSA) is 36.1 Å². The SMILES string of the molecule is O=C(c1cc(Br)c(Br)[nH]1)N1C=CC=CC1. The van der Waals surface area contributed by atoms with Gasteiger partial charge in [0, 0.05) is 12.7 Å². The molecule has 0 atom stereocenters. The molecule has 0 aliphatic carbocycles. The van der Waals surface area contributed by atoms with Crippen LogP contribution >= 0.6 is 31.9 Å². The minimum Gasteiger partial charge on any atom is -0.344 e. The monoisotopic (exact) mass is 330 g/mol. The van der Waals surface area contributed by atoms with Gasteiger partial charge in [-0.1, -0.05) is 12.2 Å². The summed E-state index contributed by atoms with van der Waals surface area (Å²) in [6, 6.07) is 1.76. The van der Waals surface area contributed by atoms with Gasteiger partial charge in [-0.05, 0) is 44.0 Å². The molecule has 5 heteroatoms. The highest BCUT2D eigenvalue weighted by Crippen LogP contribution is 2.24. The summed E-state index contributed by atoms with van der Waals surface area (Å²) >= 11 is 6.63. The molecule has 1 aromatic heterocycles. The van der Waals surface area contributed by atoms with Crippen molar-refractivity contribution in [3.8, 4) is 0 Å². The Bertz CT molecular complexity index is 429. The molecule has 0 bridgehead atoms. The van der Waals surface area contributed by atoms with E-state index in [9.17, 15) is 4.79 Å². The molecular formula is C10H8Br2N2O. The van der Waals surface area contributed by atoms with Crippen LogP contribution in [0, 0.1) is 0 Å². The molecule has 1 amide bonds. The Morgan fingerprint density at radius 3 is 2.73 bits per heavy atom. The largest absolute Gasteiger partial charge is 0.344 e. The number of carbonyl (C=O) groups is 1. The van der Waals surface area contributed by atoms with E-state index in [0.717, 1.165) is 9.08 Å². The van der Waals surface area contributed by atoms with Crippen molar-refractivity contribution in [3.63, 3.8) is 0 Å². The number of H-pyrrole nitrogens is 1. The quantitative estimate of drug-likeness (QED) is 0.843. The summed E-state index contributed by atoms with van der Waals surface area (Å²) < 4.78 is 1.63. The first-order valence-corrected chi connectivity index (χ1v) is 5.95. The molecule has 0 radical (unpaired) electrons. The lowest BCUT2D eigenvalue weighted by atomic mass is 10.3. The van der Waals surface area contributed by atoms with Gasteiger partial charge in [0.25, 0.3) is 5.91 Å². The smallest absolute Gasteiger partial charge is 0.274 e. The molecule has 0 aromatic carbocycles. The second-order valence-corrected chi connectivity index (χ2v) is 4.72. The summed E-state index contributed by atoms with van der Waals surface area (Å²) in [5, 5.41) is 0. The Kier molecular flexibility index (Phi) is 3.11. The van der Waals surface area contributed by atoms with E-state index >= 15 is 0 Å². The van der Waals surface area contributed by atoms with E-state index in [4.69, 9.17) is 0 Å². The van der Waals surface area contributed by atoms with Gasteiger partial charge >= 0.3 is 0 Å². The van der Waals surface area contributed by atoms with Crippen LogP contribution in [0.3, 0.4) is 0 Å². The van der Waals surface area contributed by atoms with Gasteiger partial charge in [0.1, 0.15) is 5.69 Å². The molecule has 0 fully saturated rings. The van der Waals surface area contributed by atoms with Crippen LogP contribution < -0.4 is 0 Å². The number of rotatable bonds is 1. The molecule has 1 aliphatic rings. The van der Waals surface area contributed by atoms with E-state index < -0.39 is 0 Å². The van der Waals surface area contributed by atoms with Gasteiger partial charge < -0.3 is 9.88 Å². The highest BCUT2D eigenvalue weighted by molar-refractivity contribution is 9.13. The summed E-state index contributed by atoms with van der Waals surface area (Å²) in [7, 11) is 0. The second kappa shape index (κ2) is 4.37. The standard InChI is InChI=1S/C10H8Br2N2O/c11-7-6-8(13-9(7)12)10(15)14-4-2-1-3-5-14/h1-4,6,13H,5H2. The molecule has 0 unspecified atom stereocenters. The van der Waals surface area contributed by atoms with Crippen molar-refractivity contribution < 1.29 is 4.79 Å². The summed E-state index contributed by atoms with van der Waals surface area (Å²) in [5.41, 5.74) is 0.564. The van der Waals surface area contributed by atoms with E-state index in [2.05, 4.69) is 36.8 Å². The summed E-state index contributed by atoms with van der Waals surface area (Å²) in [4.78, 5) is 16.5. The Labute approximate surface area is 104 Å². The van der Waals surface area contributed by atoms with Crippen molar-refractivity contribution in [2.45, 2.75) is 0 Å². The molecule has 0 spiro atoms. The average Bonchev–Trinajstić information content (AvgIpc) is 2.59. The number of nitrogens with one attached hydrogen (secondary N) is 1. The fourth-order valence-corrected chi connectivity index (χ4v) is 1.95. The number of halogens is 2. The number of nitrogens with zero attached hydrogens (tertiary/aromatic N) is 1. The van der Waals surface area contributed by atoms with Gasteiger partial charge in [0.05, 0.1) is 9.08 Å². The van der Waals surface area contributed by atoms with Gasteiger partial charge in [0.15, 0.2) is 0 Å². The first kappa shape index (κ1) is 10.7. The third kappa shape index (κ3) is 2.23. The van der Waals surface area contributed by atoms with Gasteiger partial charge in [0.2, 0.25) is 0 Å². The number of aromatic amines is 1. The molecule has 3 nitrogen and oxygen atoms in total. The maximum atomic E-state index is 11.9. The van der Waals surface area contributed by atoms with Crippen molar-refractivity contribution in [3.05, 3.63) is 45.3 Å². The first-order valence-electron chi connectivity index (χ1n) is 4.37. The lowest BCUT2D eigenvalue weighted by molar-refractivity contribution is 0.0829. The van der Waals surface area contributed by atoms with Crippen molar-refractivity contribution in [2.75, 3.05) is 6.54 Å². The van der Waals surface area contributed by atoms with Crippen LogP contribution in [0.25, 0.3) is 0 Å². The fourth-order valence-electron chi connectivity index (χ4n) is 1.29. The summed E-state index contributed by atoms with van der Waals surface area (Å²) in [6.07, 6.45) is 7.47. The van der Waals surface area contributed by atoms with E-state index in [0.29, 0.717) is 12.2 Å². The Morgan fingerprint density at radius 1 is 1.40 bits per heavy atom. The van der Waals surface area contributed by atoms with Gasteiger partial charge in [-0.3, -0.25) is 4.79 Å². The predicted molar refractivity (Wildman–Crippen MR) is 65.5 cm³/mol. The van der Waals surface area contributed by atoms with E-state index in [-0.39, 0.29) is 5.91 Å². The zero-order valence-electron chi connectivity index (χ0n) is 7.71. The number of aromatic nitrogens is 1. The van der Waals surface area contributed by atoms with Crippen LogP contribution in [0.1, 0.15) is 10.5 Å². The maximum Gasteiger partial charge on any atom is 0.274 e. The molecule has 0 saturated carbocycles. The highest BCUT2D eigenvalue weighted by Gasteiger charge is 2.16. The van der Waals surface area contributed by atoms with Crippen molar-refractivity contribution in [2.24, 2.45) is 0 Å². The third-order valence-electron chi connectivity index (χ3n) is 2.03. The number of hydrogen-bond donors (Lipinski definition) is 1. The number of hydrogen-bond acceptors (Lipinski definition) is 1. The first-order chi connectivity index (χ1) is 7.18. The van der Waals surface area contributed by atoms with Crippen LogP contribution in [-0.2, 0) is 0 Å². The van der Waals surface area contributed by atoms with Crippen LogP contribution in [0.2, 0.25) is 0 Å². The number of amides is 1. The van der Waals surface area contributed by atoms with E-state index in [1.807, 2.05) is 18.2 Å². The Balaban J connectivity index is 2.21. The van der Waals surface area contributed by atoms with Gasteiger partial charge in [-0.2, -0.15) is 0 Å². The Hall–Kier alpha value is -0.810. The molecule has 78 valence electrons. The minimum absolute atomic E-state index is 0.0398. The van der Waals surface area contributed by atoms with Gasteiger partial charge in [-0.25, -0.2) is 0 Å².